The van der Waals surface area contributed by atoms with Crippen LogP contribution < -0.4 is 0 Å². The summed E-state index contributed by atoms with van der Waals surface area (Å²) in [6.07, 6.45) is 4.04. The first kappa shape index (κ1) is 22.7. The summed E-state index contributed by atoms with van der Waals surface area (Å²) in [7, 11) is 0. The highest BCUT2D eigenvalue weighted by atomic mass is 14.2. The van der Waals surface area contributed by atoms with E-state index in [2.05, 4.69) is 98.8 Å². The van der Waals surface area contributed by atoms with E-state index in [1.807, 2.05) is 0 Å². The summed E-state index contributed by atoms with van der Waals surface area (Å²) in [5.74, 6) is 1.28. The van der Waals surface area contributed by atoms with Crippen molar-refractivity contribution in [2.24, 2.45) is 0 Å². The van der Waals surface area contributed by atoms with Crippen LogP contribution >= 0.6 is 0 Å². The Kier molecular flexibility index (Phi) is 9.58. The lowest BCUT2D eigenvalue weighted by Gasteiger charge is -2.21. The first-order valence-electron chi connectivity index (χ1n) is 9.43. The van der Waals surface area contributed by atoms with Crippen molar-refractivity contribution in [3.8, 4) is 0 Å². The Balaban J connectivity index is 0.000000257. The van der Waals surface area contributed by atoms with Crippen molar-refractivity contribution < 1.29 is 0 Å². The van der Waals surface area contributed by atoms with E-state index in [0.29, 0.717) is 5.92 Å². The topological polar surface area (TPSA) is 0 Å². The Morgan fingerprint density at radius 3 is 1.70 bits per heavy atom. The maximum absolute atomic E-state index is 2.33. The smallest absolute Gasteiger partial charge is 0.00610 e. The van der Waals surface area contributed by atoms with Crippen molar-refractivity contribution in [1.29, 1.82) is 0 Å². The third kappa shape index (κ3) is 6.10. The van der Waals surface area contributed by atoms with Crippen LogP contribution in [-0.4, -0.2) is 0 Å². The van der Waals surface area contributed by atoms with Gasteiger partial charge in [0, 0.05) is 5.92 Å². The molecule has 0 aliphatic heterocycles. The largest absolute Gasteiger partial charge is 0.0776 e. The molecule has 1 aliphatic carbocycles. The van der Waals surface area contributed by atoms with Crippen LogP contribution in [0, 0.1) is 0 Å². The maximum Gasteiger partial charge on any atom is 0.00610 e. The van der Waals surface area contributed by atoms with Crippen LogP contribution in [0.15, 0.2) is 84.9 Å². The molecule has 1 unspecified atom stereocenters. The molecule has 1 aliphatic rings. The molecule has 0 N–H and O–H groups in total. The molecule has 0 nitrogen and oxygen atoms in total. The predicted octanol–water partition coefficient (Wildman–Crippen LogP) is 8.24. The Hall–Kier alpha value is -2.34. The molecule has 0 radical (unpaired) electrons. The summed E-state index contributed by atoms with van der Waals surface area (Å²) in [4.78, 5) is 0. The van der Waals surface area contributed by atoms with Crippen molar-refractivity contribution in [1.82, 2.24) is 0 Å². The maximum atomic E-state index is 2.33. The molecule has 0 saturated heterocycles. The molecular formula is C27H36. The molecule has 3 aromatic carbocycles. The Bertz CT molecular complexity index is 719. The summed E-state index contributed by atoms with van der Waals surface area (Å²) in [5.41, 5.74) is 5.91. The number of benzene rings is 3. The van der Waals surface area contributed by atoms with Gasteiger partial charge in [-0.1, -0.05) is 114 Å². The van der Waals surface area contributed by atoms with E-state index in [9.17, 15) is 0 Å². The highest BCUT2D eigenvalue weighted by molar-refractivity contribution is 5.32. The molecule has 0 heteroatoms. The minimum atomic E-state index is 0. The van der Waals surface area contributed by atoms with E-state index in [1.165, 1.54) is 30.4 Å². The summed E-state index contributed by atoms with van der Waals surface area (Å²) >= 11 is 0. The van der Waals surface area contributed by atoms with E-state index in [4.69, 9.17) is 0 Å². The Labute approximate surface area is 167 Å². The summed E-state index contributed by atoms with van der Waals surface area (Å²) < 4.78 is 0. The molecule has 4 rings (SSSR count). The van der Waals surface area contributed by atoms with Gasteiger partial charge >= 0.3 is 0 Å². The van der Waals surface area contributed by atoms with Gasteiger partial charge in [-0.25, -0.2) is 0 Å². The van der Waals surface area contributed by atoms with Crippen LogP contribution in [-0.2, 0) is 6.42 Å². The summed E-state index contributed by atoms with van der Waals surface area (Å²) in [6, 6.07) is 30.0. The van der Waals surface area contributed by atoms with Crippen LogP contribution in [0.3, 0.4) is 0 Å². The second-order valence-electron chi connectivity index (χ2n) is 7.04. The van der Waals surface area contributed by atoms with Crippen LogP contribution in [0.4, 0.5) is 0 Å². The van der Waals surface area contributed by atoms with Gasteiger partial charge in [0.15, 0.2) is 0 Å². The molecular weight excluding hydrogens is 324 g/mol. The lowest BCUT2D eigenvalue weighted by atomic mass is 9.84. The number of aryl methyl sites for hydroxylation is 1. The number of fused-ring (bicyclic) bond motifs is 1. The molecule has 27 heavy (non-hydrogen) atoms. The zero-order valence-corrected chi connectivity index (χ0v) is 15.4. The molecule has 0 fully saturated rings. The Morgan fingerprint density at radius 1 is 0.704 bits per heavy atom. The average Bonchev–Trinajstić information content (AvgIpc) is 2.70. The van der Waals surface area contributed by atoms with E-state index in [0.717, 1.165) is 5.92 Å². The lowest BCUT2D eigenvalue weighted by molar-refractivity contribution is 0.590. The van der Waals surface area contributed by atoms with Gasteiger partial charge in [-0.05, 0) is 47.4 Å². The molecule has 0 spiro atoms. The number of rotatable bonds is 2. The molecule has 0 bridgehead atoms. The third-order valence-electron chi connectivity index (χ3n) is 5.27. The SMILES string of the molecule is C.C.CC(c1ccccc1)c1ccccc1.CC1CCCc2ccccc21. The van der Waals surface area contributed by atoms with Crippen molar-refractivity contribution in [2.75, 3.05) is 0 Å². The Morgan fingerprint density at radius 2 is 1.19 bits per heavy atom. The molecule has 0 heterocycles. The van der Waals surface area contributed by atoms with Crippen LogP contribution in [0.25, 0.3) is 0 Å². The molecule has 0 amide bonds. The van der Waals surface area contributed by atoms with Gasteiger partial charge < -0.3 is 0 Å². The second kappa shape index (κ2) is 11.4. The standard InChI is InChI=1S/C14H14.C11H14.2CH4/c1-12(13-8-4-2-5-9-13)14-10-6-3-7-11-14;1-9-5-4-7-10-6-2-3-8-11(9)10;;/h2-12H,1H3;2-3,6,8-9H,4-5,7H2,1H3;2*1H4. The minimum absolute atomic E-state index is 0. The molecule has 3 aromatic rings. The van der Waals surface area contributed by atoms with Crippen molar-refractivity contribution in [2.45, 2.75) is 59.8 Å². The van der Waals surface area contributed by atoms with Gasteiger partial charge in [-0.3, -0.25) is 0 Å². The van der Waals surface area contributed by atoms with Crippen molar-refractivity contribution in [3.63, 3.8) is 0 Å². The third-order valence-corrected chi connectivity index (χ3v) is 5.27. The predicted molar refractivity (Wildman–Crippen MR) is 122 cm³/mol. The monoisotopic (exact) mass is 360 g/mol. The van der Waals surface area contributed by atoms with E-state index in [1.54, 1.807) is 11.1 Å². The van der Waals surface area contributed by atoms with Crippen LogP contribution in [0.5, 0.6) is 0 Å². The number of hydrogen-bond acceptors (Lipinski definition) is 0. The molecule has 1 atom stereocenters. The van der Waals surface area contributed by atoms with Gasteiger partial charge in [-0.2, -0.15) is 0 Å². The molecule has 0 aromatic heterocycles. The van der Waals surface area contributed by atoms with Crippen molar-refractivity contribution in [3.05, 3.63) is 107 Å². The number of hydrogen-bond donors (Lipinski definition) is 0. The first-order valence-corrected chi connectivity index (χ1v) is 9.43. The highest BCUT2D eigenvalue weighted by Crippen LogP contribution is 2.30. The first-order chi connectivity index (χ1) is 12.3. The van der Waals surface area contributed by atoms with Gasteiger partial charge in [0.2, 0.25) is 0 Å². The van der Waals surface area contributed by atoms with Gasteiger partial charge in [0.1, 0.15) is 0 Å². The zero-order valence-electron chi connectivity index (χ0n) is 15.4. The fourth-order valence-electron chi connectivity index (χ4n) is 3.67. The summed E-state index contributed by atoms with van der Waals surface area (Å²) in [6.45, 7) is 4.57. The van der Waals surface area contributed by atoms with Crippen LogP contribution in [0.2, 0.25) is 0 Å². The highest BCUT2D eigenvalue weighted by Gasteiger charge is 2.14. The minimum Gasteiger partial charge on any atom is -0.0776 e. The summed E-state index contributed by atoms with van der Waals surface area (Å²) in [5, 5.41) is 0. The zero-order chi connectivity index (χ0) is 17.5. The van der Waals surface area contributed by atoms with Gasteiger partial charge in [0.25, 0.3) is 0 Å². The van der Waals surface area contributed by atoms with Gasteiger partial charge in [-0.15, -0.1) is 0 Å². The quantitative estimate of drug-likeness (QED) is 0.431. The molecule has 144 valence electrons. The average molecular weight is 361 g/mol. The normalized spacial score (nSPS) is 14.7. The second-order valence-corrected chi connectivity index (χ2v) is 7.04. The van der Waals surface area contributed by atoms with E-state index >= 15 is 0 Å². The van der Waals surface area contributed by atoms with E-state index in [-0.39, 0.29) is 14.9 Å². The van der Waals surface area contributed by atoms with Gasteiger partial charge in [0.05, 0.1) is 0 Å². The van der Waals surface area contributed by atoms with E-state index < -0.39 is 0 Å². The fraction of sp³-hybridized carbons (Fsp3) is 0.333. The molecule has 0 saturated carbocycles. The van der Waals surface area contributed by atoms with Crippen molar-refractivity contribution >= 4 is 0 Å². The fourth-order valence-corrected chi connectivity index (χ4v) is 3.67. The lowest BCUT2D eigenvalue weighted by Crippen LogP contribution is -2.05. The van der Waals surface area contributed by atoms with Crippen LogP contribution in [0.1, 0.15) is 75.6 Å².